The number of rotatable bonds is 8. The van der Waals surface area contributed by atoms with Crippen molar-refractivity contribution in [2.75, 3.05) is 6.61 Å². The van der Waals surface area contributed by atoms with E-state index < -0.39 is 11.9 Å². The van der Waals surface area contributed by atoms with Crippen LogP contribution in [-0.4, -0.2) is 17.7 Å². The van der Waals surface area contributed by atoms with Crippen molar-refractivity contribution >= 4 is 5.97 Å². The highest BCUT2D eigenvalue weighted by Gasteiger charge is 2.20. The Hall–Kier alpha value is -2.29. The van der Waals surface area contributed by atoms with Crippen molar-refractivity contribution in [3.63, 3.8) is 0 Å². The summed E-state index contributed by atoms with van der Waals surface area (Å²) in [5.74, 6) is -0.529. The predicted molar refractivity (Wildman–Crippen MR) is 87.4 cm³/mol. The monoisotopic (exact) mass is 298 g/mol. The van der Waals surface area contributed by atoms with Gasteiger partial charge in [-0.1, -0.05) is 55.8 Å². The Morgan fingerprint density at radius 3 is 2.59 bits per heavy atom. The van der Waals surface area contributed by atoms with Crippen LogP contribution in [0.15, 0.2) is 54.6 Å². The molecule has 0 fully saturated rings. The Kier molecular flexibility index (Phi) is 6.01. The molecule has 1 unspecified atom stereocenters. The Balaban J connectivity index is 2.10. The van der Waals surface area contributed by atoms with Crippen LogP contribution in [0.25, 0.3) is 0 Å². The first-order chi connectivity index (χ1) is 10.7. The number of hydrogen-bond donors (Lipinski definition) is 1. The third kappa shape index (κ3) is 4.62. The van der Waals surface area contributed by atoms with Crippen LogP contribution >= 0.6 is 0 Å². The molecule has 2 aromatic rings. The summed E-state index contributed by atoms with van der Waals surface area (Å²) in [4.78, 5) is 11.6. The van der Waals surface area contributed by atoms with E-state index in [0.717, 1.165) is 29.7 Å². The van der Waals surface area contributed by atoms with Crippen LogP contribution in [-0.2, 0) is 11.2 Å². The molecular weight excluding hydrogens is 276 g/mol. The summed E-state index contributed by atoms with van der Waals surface area (Å²) in [7, 11) is 0. The average molecular weight is 298 g/mol. The number of carboxylic acids is 1. The summed E-state index contributed by atoms with van der Waals surface area (Å²) in [6.45, 7) is 2.82. The van der Waals surface area contributed by atoms with Crippen molar-refractivity contribution < 1.29 is 14.6 Å². The van der Waals surface area contributed by atoms with E-state index in [2.05, 4.69) is 6.92 Å². The van der Waals surface area contributed by atoms with Gasteiger partial charge >= 0.3 is 5.97 Å². The molecular formula is C19H22O3. The van der Waals surface area contributed by atoms with Gasteiger partial charge in [0, 0.05) is 0 Å². The number of ether oxygens (including phenoxy) is 1. The minimum Gasteiger partial charge on any atom is -0.494 e. The lowest BCUT2D eigenvalue weighted by Gasteiger charge is -2.14. The summed E-state index contributed by atoms with van der Waals surface area (Å²) < 4.78 is 5.69. The molecule has 116 valence electrons. The molecule has 1 atom stereocenters. The molecule has 0 radical (unpaired) electrons. The van der Waals surface area contributed by atoms with E-state index in [1.807, 2.05) is 54.6 Å². The van der Waals surface area contributed by atoms with Crippen molar-refractivity contribution in [3.05, 3.63) is 65.7 Å². The first-order valence-corrected chi connectivity index (χ1v) is 7.70. The Morgan fingerprint density at radius 1 is 1.14 bits per heavy atom. The topological polar surface area (TPSA) is 46.5 Å². The Labute approximate surface area is 131 Å². The largest absolute Gasteiger partial charge is 0.494 e. The standard InChI is InChI=1S/C19H22O3/c1-2-3-12-22-17-11-7-8-15(13-17)14-18(19(20)21)16-9-5-4-6-10-16/h4-11,13,18H,2-3,12,14H2,1H3,(H,20,21). The number of aliphatic carboxylic acids is 1. The van der Waals surface area contributed by atoms with Gasteiger partial charge in [-0.25, -0.2) is 0 Å². The van der Waals surface area contributed by atoms with Gasteiger partial charge < -0.3 is 9.84 Å². The fourth-order valence-electron chi connectivity index (χ4n) is 2.37. The van der Waals surface area contributed by atoms with Crippen LogP contribution in [0.3, 0.4) is 0 Å². The molecule has 3 nitrogen and oxygen atoms in total. The number of hydrogen-bond acceptors (Lipinski definition) is 2. The second-order valence-corrected chi connectivity index (χ2v) is 5.36. The maximum atomic E-state index is 11.6. The number of carboxylic acid groups (broad SMARTS) is 1. The zero-order valence-corrected chi connectivity index (χ0v) is 12.9. The molecule has 0 heterocycles. The van der Waals surface area contributed by atoms with Gasteiger partial charge in [0.1, 0.15) is 5.75 Å². The van der Waals surface area contributed by atoms with E-state index in [0.29, 0.717) is 13.0 Å². The second kappa shape index (κ2) is 8.23. The molecule has 1 N–H and O–H groups in total. The lowest BCUT2D eigenvalue weighted by atomic mass is 9.92. The van der Waals surface area contributed by atoms with Crippen LogP contribution in [0.4, 0.5) is 0 Å². The van der Waals surface area contributed by atoms with E-state index in [9.17, 15) is 9.90 Å². The van der Waals surface area contributed by atoms with Gasteiger partial charge in [-0.2, -0.15) is 0 Å². The summed E-state index contributed by atoms with van der Waals surface area (Å²) in [6, 6.07) is 17.1. The predicted octanol–water partition coefficient (Wildman–Crippen LogP) is 4.28. The second-order valence-electron chi connectivity index (χ2n) is 5.36. The molecule has 22 heavy (non-hydrogen) atoms. The zero-order valence-electron chi connectivity index (χ0n) is 12.9. The van der Waals surface area contributed by atoms with E-state index in [-0.39, 0.29) is 0 Å². The van der Waals surface area contributed by atoms with Gasteiger partial charge in [0.15, 0.2) is 0 Å². The average Bonchev–Trinajstić information content (AvgIpc) is 2.54. The SMILES string of the molecule is CCCCOc1cccc(CC(C(=O)O)c2ccccc2)c1. The van der Waals surface area contributed by atoms with Gasteiger partial charge in [0.2, 0.25) is 0 Å². The molecule has 3 heteroatoms. The fourth-order valence-corrected chi connectivity index (χ4v) is 2.37. The van der Waals surface area contributed by atoms with E-state index in [4.69, 9.17) is 4.74 Å². The van der Waals surface area contributed by atoms with E-state index >= 15 is 0 Å². The van der Waals surface area contributed by atoms with E-state index in [1.165, 1.54) is 0 Å². The van der Waals surface area contributed by atoms with Crippen molar-refractivity contribution in [1.29, 1.82) is 0 Å². The van der Waals surface area contributed by atoms with Crippen LogP contribution in [0.1, 0.15) is 36.8 Å². The minimum atomic E-state index is -0.802. The highest BCUT2D eigenvalue weighted by Crippen LogP contribution is 2.23. The van der Waals surface area contributed by atoms with Crippen molar-refractivity contribution in [1.82, 2.24) is 0 Å². The maximum absolute atomic E-state index is 11.6. The number of carbonyl (C=O) groups is 1. The normalized spacial score (nSPS) is 11.9. The summed E-state index contributed by atoms with van der Waals surface area (Å²) >= 11 is 0. The molecule has 0 aliphatic heterocycles. The Bertz CT molecular complexity index is 593. The zero-order chi connectivity index (χ0) is 15.8. The lowest BCUT2D eigenvalue weighted by Crippen LogP contribution is -2.14. The quantitative estimate of drug-likeness (QED) is 0.740. The fraction of sp³-hybridized carbons (Fsp3) is 0.316. The van der Waals surface area contributed by atoms with Crippen molar-refractivity contribution in [3.8, 4) is 5.75 Å². The van der Waals surface area contributed by atoms with Crippen LogP contribution < -0.4 is 4.74 Å². The molecule has 2 rings (SSSR count). The number of unbranched alkanes of at least 4 members (excludes halogenated alkanes) is 1. The highest BCUT2D eigenvalue weighted by atomic mass is 16.5. The summed E-state index contributed by atoms with van der Waals surface area (Å²) in [5.41, 5.74) is 1.80. The first kappa shape index (κ1) is 16.1. The van der Waals surface area contributed by atoms with Crippen LogP contribution in [0.5, 0.6) is 5.75 Å². The molecule has 0 aromatic heterocycles. The van der Waals surface area contributed by atoms with Crippen LogP contribution in [0.2, 0.25) is 0 Å². The smallest absolute Gasteiger partial charge is 0.311 e. The van der Waals surface area contributed by atoms with Gasteiger partial charge in [0.05, 0.1) is 12.5 Å². The molecule has 0 aliphatic carbocycles. The summed E-state index contributed by atoms with van der Waals surface area (Å²) in [6.07, 6.45) is 2.57. The van der Waals surface area contributed by atoms with Crippen molar-refractivity contribution in [2.45, 2.75) is 32.1 Å². The Morgan fingerprint density at radius 2 is 1.91 bits per heavy atom. The first-order valence-electron chi connectivity index (χ1n) is 7.70. The molecule has 0 aliphatic rings. The maximum Gasteiger partial charge on any atom is 0.311 e. The third-order valence-corrected chi connectivity index (χ3v) is 3.60. The van der Waals surface area contributed by atoms with Gasteiger partial charge in [-0.3, -0.25) is 4.79 Å². The summed E-state index contributed by atoms with van der Waals surface area (Å²) in [5, 5.41) is 9.50. The number of benzene rings is 2. The lowest BCUT2D eigenvalue weighted by molar-refractivity contribution is -0.138. The van der Waals surface area contributed by atoms with Crippen LogP contribution in [0, 0.1) is 0 Å². The molecule has 0 bridgehead atoms. The van der Waals surface area contributed by atoms with Gasteiger partial charge in [0.25, 0.3) is 0 Å². The third-order valence-electron chi connectivity index (χ3n) is 3.60. The van der Waals surface area contributed by atoms with E-state index in [1.54, 1.807) is 0 Å². The van der Waals surface area contributed by atoms with Gasteiger partial charge in [-0.05, 0) is 36.1 Å². The van der Waals surface area contributed by atoms with Crippen molar-refractivity contribution in [2.24, 2.45) is 0 Å². The highest BCUT2D eigenvalue weighted by molar-refractivity contribution is 5.76. The molecule has 0 saturated carbocycles. The molecule has 0 spiro atoms. The molecule has 2 aromatic carbocycles. The molecule has 0 saturated heterocycles. The van der Waals surface area contributed by atoms with Gasteiger partial charge in [-0.15, -0.1) is 0 Å². The minimum absolute atomic E-state index is 0.463. The molecule has 0 amide bonds.